The van der Waals surface area contributed by atoms with Crippen LogP contribution in [0.2, 0.25) is 0 Å². The quantitative estimate of drug-likeness (QED) is 0.824. The number of para-hydroxylation sites is 1. The first-order valence-corrected chi connectivity index (χ1v) is 6.85. The van der Waals surface area contributed by atoms with E-state index in [-0.39, 0.29) is 24.0 Å². The van der Waals surface area contributed by atoms with Gasteiger partial charge in [-0.05, 0) is 25.0 Å². The summed E-state index contributed by atoms with van der Waals surface area (Å²) in [7, 11) is -1.30. The molecule has 1 aromatic rings. The van der Waals surface area contributed by atoms with Gasteiger partial charge in [0.2, 0.25) is 5.91 Å². The summed E-state index contributed by atoms with van der Waals surface area (Å²) in [4.78, 5) is 11.6. The van der Waals surface area contributed by atoms with Gasteiger partial charge in [-0.2, -0.15) is 0 Å². The molecule has 1 unspecified atom stereocenters. The second-order valence-electron chi connectivity index (χ2n) is 3.83. The van der Waals surface area contributed by atoms with Gasteiger partial charge in [-0.25, -0.2) is 0 Å². The van der Waals surface area contributed by atoms with E-state index < -0.39 is 10.8 Å². The van der Waals surface area contributed by atoms with Crippen molar-refractivity contribution in [2.24, 2.45) is 0 Å². The Morgan fingerprint density at radius 3 is 2.47 bits per heavy atom. The van der Waals surface area contributed by atoms with E-state index in [1.165, 1.54) is 0 Å². The number of hydrogen-bond donors (Lipinski definition) is 2. The summed E-state index contributed by atoms with van der Waals surface area (Å²) in [5, 5.41) is 11.4. The average molecular weight is 255 g/mol. The third kappa shape index (κ3) is 4.28. The van der Waals surface area contributed by atoms with Gasteiger partial charge in [0, 0.05) is 22.2 Å². The monoisotopic (exact) mass is 255 g/mol. The molecule has 4 nitrogen and oxygen atoms in total. The van der Waals surface area contributed by atoms with Gasteiger partial charge >= 0.3 is 0 Å². The molecular formula is C12H17NO3S. The molecule has 1 atom stereocenters. The molecule has 5 heteroatoms. The zero-order valence-electron chi connectivity index (χ0n) is 10.0. The Morgan fingerprint density at radius 2 is 1.94 bits per heavy atom. The molecule has 0 saturated carbocycles. The van der Waals surface area contributed by atoms with E-state index in [1.807, 2.05) is 32.0 Å². The molecule has 17 heavy (non-hydrogen) atoms. The highest BCUT2D eigenvalue weighted by Gasteiger charge is 2.10. The van der Waals surface area contributed by atoms with Crippen LogP contribution in [-0.4, -0.2) is 33.3 Å². The van der Waals surface area contributed by atoms with Gasteiger partial charge in [-0.3, -0.25) is 9.00 Å². The number of amides is 1. The fraction of sp³-hybridized carbons (Fsp3) is 0.417. The Morgan fingerprint density at radius 1 is 1.35 bits per heavy atom. The number of carbonyl (C=O) groups is 1. The highest BCUT2D eigenvalue weighted by atomic mass is 32.2. The highest BCUT2D eigenvalue weighted by Crippen LogP contribution is 2.19. The van der Waals surface area contributed by atoms with Crippen molar-refractivity contribution < 1.29 is 14.1 Å². The number of benzene rings is 1. The van der Waals surface area contributed by atoms with Crippen LogP contribution in [0.4, 0.5) is 5.69 Å². The number of aryl methyl sites for hydroxylation is 2. The predicted molar refractivity (Wildman–Crippen MR) is 69.5 cm³/mol. The van der Waals surface area contributed by atoms with Crippen molar-refractivity contribution in [1.82, 2.24) is 0 Å². The number of aliphatic hydroxyl groups excluding tert-OH is 1. The summed E-state index contributed by atoms with van der Waals surface area (Å²) >= 11 is 0. The molecule has 1 amide bonds. The average Bonchev–Trinajstić information content (AvgIpc) is 2.24. The molecule has 1 aromatic carbocycles. The molecule has 0 aliphatic carbocycles. The summed E-state index contributed by atoms with van der Waals surface area (Å²) in [5.41, 5.74) is 2.73. The zero-order chi connectivity index (χ0) is 12.8. The molecule has 0 aromatic heterocycles. The van der Waals surface area contributed by atoms with Crippen molar-refractivity contribution in [2.45, 2.75) is 13.8 Å². The summed E-state index contributed by atoms with van der Waals surface area (Å²) in [6, 6.07) is 5.74. The minimum absolute atomic E-state index is 0.0751. The molecule has 0 aliphatic heterocycles. The Kier molecular flexibility index (Phi) is 5.31. The van der Waals surface area contributed by atoms with Crippen molar-refractivity contribution in [3.63, 3.8) is 0 Å². The van der Waals surface area contributed by atoms with E-state index in [0.717, 1.165) is 16.8 Å². The fourth-order valence-electron chi connectivity index (χ4n) is 1.51. The normalized spacial score (nSPS) is 12.2. The third-order valence-electron chi connectivity index (χ3n) is 2.36. The maximum Gasteiger partial charge on any atom is 0.237 e. The summed E-state index contributed by atoms with van der Waals surface area (Å²) in [6.45, 7) is 3.66. The number of carbonyl (C=O) groups excluding carboxylic acids is 1. The topological polar surface area (TPSA) is 66.4 Å². The summed E-state index contributed by atoms with van der Waals surface area (Å²) < 4.78 is 11.3. The lowest BCUT2D eigenvalue weighted by Crippen LogP contribution is -2.22. The van der Waals surface area contributed by atoms with Crippen LogP contribution in [0, 0.1) is 13.8 Å². The van der Waals surface area contributed by atoms with Gasteiger partial charge < -0.3 is 10.4 Å². The van der Waals surface area contributed by atoms with Gasteiger partial charge in [0.25, 0.3) is 0 Å². The lowest BCUT2D eigenvalue weighted by molar-refractivity contribution is -0.113. The van der Waals surface area contributed by atoms with Crippen LogP contribution in [0.3, 0.4) is 0 Å². The van der Waals surface area contributed by atoms with E-state index in [2.05, 4.69) is 5.32 Å². The van der Waals surface area contributed by atoms with E-state index in [4.69, 9.17) is 5.11 Å². The maximum absolute atomic E-state index is 11.6. The van der Waals surface area contributed by atoms with Crippen LogP contribution in [0.5, 0.6) is 0 Å². The first-order chi connectivity index (χ1) is 8.04. The second-order valence-corrected chi connectivity index (χ2v) is 5.40. The number of hydrogen-bond acceptors (Lipinski definition) is 3. The van der Waals surface area contributed by atoms with Crippen LogP contribution in [0.1, 0.15) is 11.1 Å². The number of aliphatic hydroxyl groups is 1. The van der Waals surface area contributed by atoms with Gasteiger partial charge in [0.05, 0.1) is 6.61 Å². The number of nitrogens with one attached hydrogen (secondary N) is 1. The van der Waals surface area contributed by atoms with Crippen LogP contribution >= 0.6 is 0 Å². The number of anilines is 1. The molecule has 0 heterocycles. The molecule has 0 aliphatic rings. The lowest BCUT2D eigenvalue weighted by Gasteiger charge is -2.11. The van der Waals surface area contributed by atoms with Gasteiger partial charge in [-0.1, -0.05) is 18.2 Å². The SMILES string of the molecule is Cc1cccc(C)c1NC(=O)CS(=O)CCO. The van der Waals surface area contributed by atoms with Gasteiger partial charge in [-0.15, -0.1) is 0 Å². The van der Waals surface area contributed by atoms with Gasteiger partial charge in [0.1, 0.15) is 5.75 Å². The van der Waals surface area contributed by atoms with Crippen LogP contribution in [0.25, 0.3) is 0 Å². The molecule has 2 N–H and O–H groups in total. The van der Waals surface area contributed by atoms with Crippen molar-refractivity contribution in [2.75, 3.05) is 23.4 Å². The molecule has 0 bridgehead atoms. The largest absolute Gasteiger partial charge is 0.395 e. The molecule has 94 valence electrons. The Labute approximate surface area is 104 Å². The van der Waals surface area contributed by atoms with E-state index in [0.29, 0.717) is 0 Å². The Hall–Kier alpha value is -1.20. The van der Waals surface area contributed by atoms with E-state index >= 15 is 0 Å². The van der Waals surface area contributed by atoms with E-state index in [9.17, 15) is 9.00 Å². The molecule has 0 saturated heterocycles. The molecular weight excluding hydrogens is 238 g/mol. The van der Waals surface area contributed by atoms with Gasteiger partial charge in [0.15, 0.2) is 0 Å². The minimum Gasteiger partial charge on any atom is -0.395 e. The molecule has 0 fully saturated rings. The first-order valence-electron chi connectivity index (χ1n) is 5.36. The summed E-state index contributed by atoms with van der Waals surface area (Å²) in [6.07, 6.45) is 0. The summed E-state index contributed by atoms with van der Waals surface area (Å²) in [5.74, 6) is -0.219. The van der Waals surface area contributed by atoms with Crippen molar-refractivity contribution in [1.29, 1.82) is 0 Å². The lowest BCUT2D eigenvalue weighted by atomic mass is 10.1. The third-order valence-corrected chi connectivity index (χ3v) is 3.58. The first kappa shape index (κ1) is 13.9. The Bertz CT molecular complexity index is 412. The molecule has 0 spiro atoms. The maximum atomic E-state index is 11.6. The highest BCUT2D eigenvalue weighted by molar-refractivity contribution is 7.85. The molecule has 1 rings (SSSR count). The minimum atomic E-state index is -1.30. The van der Waals surface area contributed by atoms with Crippen LogP contribution in [0.15, 0.2) is 18.2 Å². The Balaban J connectivity index is 2.65. The zero-order valence-corrected chi connectivity index (χ0v) is 10.8. The fourth-order valence-corrected chi connectivity index (χ4v) is 2.22. The van der Waals surface area contributed by atoms with Crippen LogP contribution in [-0.2, 0) is 15.6 Å². The number of rotatable bonds is 5. The molecule has 0 radical (unpaired) electrons. The predicted octanol–water partition coefficient (Wildman–Crippen LogP) is 0.983. The second kappa shape index (κ2) is 6.51. The van der Waals surface area contributed by atoms with Crippen molar-refractivity contribution in [3.8, 4) is 0 Å². The van der Waals surface area contributed by atoms with E-state index in [1.54, 1.807) is 0 Å². The van der Waals surface area contributed by atoms with Crippen molar-refractivity contribution >= 4 is 22.4 Å². The smallest absolute Gasteiger partial charge is 0.237 e. The van der Waals surface area contributed by atoms with Crippen LogP contribution < -0.4 is 5.32 Å². The van der Waals surface area contributed by atoms with Crippen molar-refractivity contribution in [3.05, 3.63) is 29.3 Å². The standard InChI is InChI=1S/C12H17NO3S/c1-9-4-3-5-10(2)12(9)13-11(15)8-17(16)7-6-14/h3-5,14H,6-8H2,1-2H3,(H,13,15).